The van der Waals surface area contributed by atoms with E-state index in [2.05, 4.69) is 11.1 Å². The maximum atomic E-state index is 2.05. The lowest BCUT2D eigenvalue weighted by Gasteiger charge is -2.82. The molecule has 4 fully saturated rings. The van der Waals surface area contributed by atoms with E-state index in [1.807, 2.05) is 43.8 Å². The lowest BCUT2D eigenvalue weighted by Crippen LogP contribution is -2.73. The zero-order valence-electron chi connectivity index (χ0n) is 13.6. The molecule has 0 radical (unpaired) electrons. The monoisotopic (exact) mass is 306 g/mol. The highest BCUT2D eigenvalue weighted by Gasteiger charge is 2.79. The van der Waals surface area contributed by atoms with E-state index < -0.39 is 0 Å². The van der Waals surface area contributed by atoms with E-state index in [4.69, 9.17) is 0 Å². The van der Waals surface area contributed by atoms with Crippen molar-refractivity contribution in [2.75, 3.05) is 0 Å². The Labute approximate surface area is 140 Å². The first-order chi connectivity index (χ1) is 12.0. The molecular formula is C24H18. The van der Waals surface area contributed by atoms with Crippen molar-refractivity contribution in [3.05, 3.63) is 33.4 Å². The van der Waals surface area contributed by atoms with Gasteiger partial charge in [-0.1, -0.05) is 11.1 Å². The van der Waals surface area contributed by atoms with Gasteiger partial charge in [-0.3, -0.25) is 0 Å². The zero-order valence-corrected chi connectivity index (χ0v) is 13.6. The van der Waals surface area contributed by atoms with Gasteiger partial charge in [0.05, 0.1) is 0 Å². The number of hydrogen-bond acceptors (Lipinski definition) is 0. The topological polar surface area (TPSA) is 0 Å². The minimum absolute atomic E-state index is 1.03. The number of allylic oxidation sites excluding steroid dienone is 2. The van der Waals surface area contributed by atoms with Crippen molar-refractivity contribution in [3.8, 4) is 0 Å². The Morgan fingerprint density at radius 3 is 1.29 bits per heavy atom. The molecule has 0 aromatic heterocycles. The summed E-state index contributed by atoms with van der Waals surface area (Å²) >= 11 is 0. The Bertz CT molecular complexity index is 1130. The second kappa shape index (κ2) is 2.37. The van der Waals surface area contributed by atoms with E-state index in [9.17, 15) is 0 Å². The normalized spacial score (nSPS) is 58.0. The van der Waals surface area contributed by atoms with Gasteiger partial charge in [0.15, 0.2) is 0 Å². The Morgan fingerprint density at radius 1 is 0.417 bits per heavy atom. The van der Waals surface area contributed by atoms with Crippen LogP contribution >= 0.6 is 0 Å². The third-order valence-corrected chi connectivity index (χ3v) is 11.4. The van der Waals surface area contributed by atoms with Crippen LogP contribution in [0.3, 0.4) is 0 Å². The van der Waals surface area contributed by atoms with Crippen LogP contribution in [-0.4, -0.2) is 0 Å². The smallest absolute Gasteiger partial charge is 0.000553 e. The van der Waals surface area contributed by atoms with Crippen molar-refractivity contribution in [1.82, 2.24) is 0 Å². The van der Waals surface area contributed by atoms with Crippen LogP contribution in [-0.2, 0) is 0 Å². The van der Waals surface area contributed by atoms with Gasteiger partial charge >= 0.3 is 0 Å². The Balaban J connectivity index is 1.11. The number of rotatable bonds is 0. The molecule has 3 aromatic carbocycles. The fraction of sp³-hybridized carbons (Fsp3) is 0.583. The minimum Gasteiger partial charge on any atom is -0.0620 e. The van der Waals surface area contributed by atoms with Crippen LogP contribution in [0.2, 0.25) is 0 Å². The van der Waals surface area contributed by atoms with Crippen molar-refractivity contribution in [1.29, 1.82) is 0 Å². The van der Waals surface area contributed by atoms with Crippen LogP contribution < -0.4 is 0 Å². The second-order valence-corrected chi connectivity index (χ2v) is 10.9. The summed E-state index contributed by atoms with van der Waals surface area (Å²) in [5, 5.41) is 7.32. The van der Waals surface area contributed by atoms with Gasteiger partial charge in [0, 0.05) is 0 Å². The Hall–Kier alpha value is -1.30. The molecule has 0 aliphatic heterocycles. The van der Waals surface area contributed by atoms with Crippen molar-refractivity contribution in [2.45, 2.75) is 49.4 Å². The zero-order chi connectivity index (χ0) is 14.4. The Kier molecular flexibility index (Phi) is 0.985. The molecule has 0 heteroatoms. The minimum atomic E-state index is 1.03. The fourth-order valence-electron chi connectivity index (χ4n) is 10.3. The standard InChI is InChI=1S/C24H18/c1-2-6-5(1)9-10(6)14-13(9)17-18(14)22-21(17)23-19-15-11-7-3-4-8(7)12(11)16(15)20(19)24(22)23/h5-10,17-18,21-22H,1-4H2. The van der Waals surface area contributed by atoms with Crippen molar-refractivity contribution < 1.29 is 0 Å². The molecule has 4 saturated carbocycles. The van der Waals surface area contributed by atoms with Gasteiger partial charge in [-0.25, -0.2) is 0 Å². The van der Waals surface area contributed by atoms with Crippen LogP contribution in [0.5, 0.6) is 0 Å². The summed E-state index contributed by atoms with van der Waals surface area (Å²) < 4.78 is 0. The molecule has 0 bridgehead atoms. The lowest BCUT2D eigenvalue weighted by atomic mass is 9.22. The quantitative estimate of drug-likeness (QED) is 0.390. The van der Waals surface area contributed by atoms with Gasteiger partial charge in [0.1, 0.15) is 0 Å². The van der Waals surface area contributed by atoms with Crippen LogP contribution in [0.4, 0.5) is 0 Å². The molecule has 0 heterocycles. The van der Waals surface area contributed by atoms with Crippen LogP contribution in [0, 0.1) is 35.5 Å². The van der Waals surface area contributed by atoms with Gasteiger partial charge in [-0.05, 0) is 129 Å². The van der Waals surface area contributed by atoms with Crippen LogP contribution in [0.15, 0.2) is 11.1 Å². The van der Waals surface area contributed by atoms with Gasteiger partial charge in [-0.2, -0.15) is 0 Å². The van der Waals surface area contributed by atoms with Gasteiger partial charge < -0.3 is 0 Å². The first kappa shape index (κ1) is 10.00. The summed E-state index contributed by atoms with van der Waals surface area (Å²) in [5.41, 5.74) is 11.7. The average molecular weight is 306 g/mol. The average Bonchev–Trinajstić information content (AvgIpc) is 2.49. The first-order valence-electron chi connectivity index (χ1n) is 10.7. The van der Waals surface area contributed by atoms with E-state index in [0.29, 0.717) is 0 Å². The molecule has 0 N–H and O–H groups in total. The van der Waals surface area contributed by atoms with Gasteiger partial charge in [0.2, 0.25) is 0 Å². The predicted molar refractivity (Wildman–Crippen MR) is 92.4 cm³/mol. The molecule has 11 rings (SSSR count). The highest BCUT2D eigenvalue weighted by atomic mass is 14.8. The molecule has 0 spiro atoms. The number of fused-ring (bicyclic) bond motifs is 27. The molecule has 0 nitrogen and oxygen atoms in total. The molecule has 114 valence electrons. The highest BCUT2D eigenvalue weighted by molar-refractivity contribution is 6.39. The van der Waals surface area contributed by atoms with E-state index in [0.717, 1.165) is 47.3 Å². The first-order valence-corrected chi connectivity index (χ1v) is 10.7. The van der Waals surface area contributed by atoms with Crippen LogP contribution in [0.1, 0.15) is 71.6 Å². The molecule has 10 unspecified atom stereocenters. The van der Waals surface area contributed by atoms with Gasteiger partial charge in [0.25, 0.3) is 0 Å². The van der Waals surface area contributed by atoms with Crippen molar-refractivity contribution in [3.63, 3.8) is 0 Å². The molecule has 0 saturated heterocycles. The summed E-state index contributed by atoms with van der Waals surface area (Å²) in [4.78, 5) is 0. The lowest BCUT2D eigenvalue weighted by molar-refractivity contribution is -0.149. The SMILES string of the molecule is C1CC2c3c(c4c3c3c5c(c43)C3C4C6=C(C7C8CCC8C67)C4C53)C12. The highest BCUT2D eigenvalue weighted by Crippen LogP contribution is 2.89. The van der Waals surface area contributed by atoms with E-state index in [1.54, 1.807) is 12.8 Å². The molecular weight excluding hydrogens is 288 g/mol. The molecule has 10 atom stereocenters. The fourth-order valence-corrected chi connectivity index (χ4v) is 10.3. The summed E-state index contributed by atoms with van der Waals surface area (Å²) in [6, 6.07) is 0. The summed E-state index contributed by atoms with van der Waals surface area (Å²) in [5.74, 6) is 10.8. The summed E-state index contributed by atoms with van der Waals surface area (Å²) in [6.45, 7) is 0. The molecule has 3 aromatic rings. The molecule has 24 heavy (non-hydrogen) atoms. The van der Waals surface area contributed by atoms with E-state index in [1.165, 1.54) is 24.7 Å². The van der Waals surface area contributed by atoms with Crippen LogP contribution in [0.25, 0.3) is 21.5 Å². The van der Waals surface area contributed by atoms with E-state index >= 15 is 0 Å². The van der Waals surface area contributed by atoms with Crippen molar-refractivity contribution in [2.24, 2.45) is 35.5 Å². The largest absolute Gasteiger partial charge is 0.0620 e. The maximum absolute atomic E-state index is 2.05. The van der Waals surface area contributed by atoms with E-state index in [-0.39, 0.29) is 0 Å². The molecule has 8 aliphatic rings. The Morgan fingerprint density at radius 2 is 0.875 bits per heavy atom. The maximum Gasteiger partial charge on any atom is -0.000553 e. The molecule has 8 aliphatic carbocycles. The molecule has 0 amide bonds. The second-order valence-electron chi connectivity index (χ2n) is 10.9. The third-order valence-electron chi connectivity index (χ3n) is 11.4. The number of hydrogen-bond donors (Lipinski definition) is 0. The van der Waals surface area contributed by atoms with Crippen molar-refractivity contribution >= 4 is 21.5 Å². The third kappa shape index (κ3) is 0.551. The summed E-state index contributed by atoms with van der Waals surface area (Å²) in [6.07, 6.45) is 6.17. The summed E-state index contributed by atoms with van der Waals surface area (Å²) in [7, 11) is 0. The van der Waals surface area contributed by atoms with Gasteiger partial charge in [-0.15, -0.1) is 0 Å². The number of benzene rings is 2. The predicted octanol–water partition coefficient (Wildman–Crippen LogP) is 5.30.